The smallest absolute Gasteiger partial charge is 0.0716 e. The first-order valence-electron chi connectivity index (χ1n) is 22.1. The molecule has 3 heteroatoms. The maximum atomic E-state index is 6.21. The highest BCUT2D eigenvalue weighted by atomic mass is 31.2. The molecule has 2 nitrogen and oxygen atoms in total. The van der Waals surface area contributed by atoms with Gasteiger partial charge in [-0.1, -0.05) is 153 Å². The number of rotatable bonds is 33. The van der Waals surface area contributed by atoms with Crippen molar-refractivity contribution in [3.05, 3.63) is 90.5 Å². The van der Waals surface area contributed by atoms with Crippen molar-refractivity contribution in [1.29, 1.82) is 0 Å². The van der Waals surface area contributed by atoms with E-state index >= 15 is 0 Å². The van der Waals surface area contributed by atoms with Crippen molar-refractivity contribution in [2.45, 2.75) is 169 Å². The molecule has 0 saturated heterocycles. The van der Waals surface area contributed by atoms with E-state index in [2.05, 4.69) is 111 Å². The van der Waals surface area contributed by atoms with Gasteiger partial charge in [-0.2, -0.15) is 0 Å². The summed E-state index contributed by atoms with van der Waals surface area (Å²) in [5.41, 5.74) is 4.76. The normalized spacial score (nSPS) is 11.7. The van der Waals surface area contributed by atoms with Gasteiger partial charge in [0.05, 0.1) is 31.3 Å². The first kappa shape index (κ1) is 44.2. The van der Waals surface area contributed by atoms with Gasteiger partial charge >= 0.3 is 0 Å². The molecule has 0 heterocycles. The number of para-hydroxylation sites is 2. The van der Waals surface area contributed by atoms with E-state index in [0.29, 0.717) is 6.61 Å². The zero-order valence-corrected chi connectivity index (χ0v) is 35.1. The zero-order chi connectivity index (χ0) is 36.8. The minimum atomic E-state index is -0.850. The van der Waals surface area contributed by atoms with E-state index < -0.39 is 7.26 Å². The van der Waals surface area contributed by atoms with Crippen molar-refractivity contribution in [3.63, 3.8) is 0 Å². The van der Waals surface area contributed by atoms with Crippen molar-refractivity contribution >= 4 is 24.3 Å². The molecule has 0 saturated carbocycles. The van der Waals surface area contributed by atoms with Crippen LogP contribution in [0.2, 0.25) is 0 Å². The Labute approximate surface area is 323 Å². The predicted octanol–water partition coefficient (Wildman–Crippen LogP) is 16.3. The van der Waals surface area contributed by atoms with Crippen LogP contribution in [-0.2, 0) is 11.3 Å². The van der Waals surface area contributed by atoms with E-state index in [1.54, 1.807) is 24.6 Å². The molecule has 290 valence electrons. The van der Waals surface area contributed by atoms with Crippen LogP contribution in [0.25, 0.3) is 0 Å². The van der Waals surface area contributed by atoms with Crippen molar-refractivity contribution in [2.24, 2.45) is 0 Å². The van der Waals surface area contributed by atoms with Crippen LogP contribution in [0.3, 0.4) is 0 Å². The highest BCUT2D eigenvalue weighted by Crippen LogP contribution is 2.61. The number of hydrogen-bond donors (Lipinski definition) is 0. The van der Waals surface area contributed by atoms with Crippen LogP contribution in [0.5, 0.6) is 0 Å². The molecule has 3 aromatic carbocycles. The van der Waals surface area contributed by atoms with Crippen LogP contribution in [-0.4, -0.2) is 31.3 Å². The number of benzene rings is 3. The third-order valence-corrected chi connectivity index (χ3v) is 16.2. The second-order valence-corrected chi connectivity index (χ2v) is 20.2. The SMILES string of the molecule is CCCCCCCC[P+](CCCCCCCC)(CCCCCCCC)CCCCCCOCc1ccc(N(c2ccccc2)c2ccccc2)cc1. The Bertz CT molecular complexity index is 1130. The Kier molecular flexibility index (Phi) is 24.9. The molecule has 0 aliphatic rings. The third-order valence-electron chi connectivity index (χ3n) is 11.1. The first-order valence-corrected chi connectivity index (χ1v) is 24.7. The Morgan fingerprint density at radius 3 is 1.13 bits per heavy atom. The summed E-state index contributed by atoms with van der Waals surface area (Å²) in [6, 6.07) is 30.2. The topological polar surface area (TPSA) is 12.5 Å². The summed E-state index contributed by atoms with van der Waals surface area (Å²) >= 11 is 0. The van der Waals surface area contributed by atoms with Gasteiger partial charge in [0.15, 0.2) is 0 Å². The van der Waals surface area contributed by atoms with Crippen molar-refractivity contribution in [2.75, 3.05) is 36.2 Å². The zero-order valence-electron chi connectivity index (χ0n) is 34.2. The lowest BCUT2D eigenvalue weighted by Crippen LogP contribution is -2.13. The molecule has 0 fully saturated rings. The summed E-state index contributed by atoms with van der Waals surface area (Å²) in [7, 11) is -0.850. The largest absolute Gasteiger partial charge is 0.377 e. The van der Waals surface area contributed by atoms with E-state index in [-0.39, 0.29) is 0 Å². The van der Waals surface area contributed by atoms with E-state index in [1.807, 2.05) is 0 Å². The maximum Gasteiger partial charge on any atom is 0.0716 e. The lowest BCUT2D eigenvalue weighted by atomic mass is 10.1. The average molecular weight is 729 g/mol. The Morgan fingerprint density at radius 2 is 0.731 bits per heavy atom. The van der Waals surface area contributed by atoms with E-state index in [0.717, 1.165) is 6.61 Å². The van der Waals surface area contributed by atoms with Gasteiger partial charge in [-0.05, 0) is 99.7 Å². The molecule has 0 bridgehead atoms. The molecule has 0 radical (unpaired) electrons. The molecule has 0 aliphatic heterocycles. The van der Waals surface area contributed by atoms with Crippen LogP contribution >= 0.6 is 7.26 Å². The lowest BCUT2D eigenvalue weighted by Gasteiger charge is -2.28. The van der Waals surface area contributed by atoms with Crippen LogP contribution in [0.1, 0.15) is 168 Å². The minimum absolute atomic E-state index is 0.695. The summed E-state index contributed by atoms with van der Waals surface area (Å²) in [4.78, 5) is 2.32. The molecule has 0 aliphatic carbocycles. The van der Waals surface area contributed by atoms with Gasteiger partial charge in [0.25, 0.3) is 0 Å². The van der Waals surface area contributed by atoms with Gasteiger partial charge < -0.3 is 9.64 Å². The third kappa shape index (κ3) is 18.7. The van der Waals surface area contributed by atoms with Crippen LogP contribution in [0.15, 0.2) is 84.9 Å². The quantitative estimate of drug-likeness (QED) is 0.0457. The Hall–Kier alpha value is -2.15. The van der Waals surface area contributed by atoms with Crippen molar-refractivity contribution in [1.82, 2.24) is 0 Å². The highest BCUT2D eigenvalue weighted by Gasteiger charge is 2.35. The summed E-state index contributed by atoms with van der Waals surface area (Å²) in [6.45, 7) is 8.59. The van der Waals surface area contributed by atoms with Gasteiger partial charge in [-0.25, -0.2) is 0 Å². The molecule has 0 unspecified atom stereocenters. The van der Waals surface area contributed by atoms with E-state index in [4.69, 9.17) is 4.74 Å². The molecule has 0 N–H and O–H groups in total. The fourth-order valence-electron chi connectivity index (χ4n) is 7.89. The van der Waals surface area contributed by atoms with Crippen molar-refractivity contribution < 1.29 is 4.74 Å². The van der Waals surface area contributed by atoms with E-state index in [1.165, 1.54) is 164 Å². The monoisotopic (exact) mass is 729 g/mol. The fraction of sp³-hybridized carbons (Fsp3) is 0.633. The van der Waals surface area contributed by atoms with Gasteiger partial charge in [0.1, 0.15) is 0 Å². The number of anilines is 3. The van der Waals surface area contributed by atoms with Gasteiger partial charge in [-0.3, -0.25) is 0 Å². The number of ether oxygens (including phenoxy) is 1. The maximum absolute atomic E-state index is 6.21. The summed E-state index contributed by atoms with van der Waals surface area (Å²) < 4.78 is 6.21. The summed E-state index contributed by atoms with van der Waals surface area (Å²) in [5.74, 6) is 0. The second-order valence-electron chi connectivity index (χ2n) is 15.7. The standard InChI is InChI=1S/C49H79NOP/c1-4-7-10-13-17-28-41-52(42-29-18-14-11-8-5-2,43-30-19-15-12-9-6-3)44-31-20-16-27-40-51-45-46-36-38-49(39-37-46)50(47-32-23-21-24-33-47)48-34-25-22-26-35-48/h21-26,32-39H,4-20,27-31,40-45H2,1-3H3/q+1. The lowest BCUT2D eigenvalue weighted by molar-refractivity contribution is 0.117. The average Bonchev–Trinajstić information content (AvgIpc) is 3.18. The molecule has 0 amide bonds. The first-order chi connectivity index (χ1) is 25.7. The number of hydrogen-bond acceptors (Lipinski definition) is 2. The van der Waals surface area contributed by atoms with Crippen LogP contribution in [0, 0.1) is 0 Å². The molecule has 3 rings (SSSR count). The van der Waals surface area contributed by atoms with Crippen LogP contribution < -0.4 is 4.90 Å². The van der Waals surface area contributed by atoms with Gasteiger partial charge in [0.2, 0.25) is 0 Å². The summed E-state index contributed by atoms with van der Waals surface area (Å²) in [6.07, 6.45) is 37.7. The highest BCUT2D eigenvalue weighted by molar-refractivity contribution is 7.75. The molecule has 0 spiro atoms. The number of nitrogens with zero attached hydrogens (tertiary/aromatic N) is 1. The molecular formula is C49H79NOP+. The Morgan fingerprint density at radius 1 is 0.385 bits per heavy atom. The molecular weight excluding hydrogens is 650 g/mol. The summed E-state index contributed by atoms with van der Waals surface area (Å²) in [5, 5.41) is 0. The van der Waals surface area contributed by atoms with Crippen molar-refractivity contribution in [3.8, 4) is 0 Å². The number of unbranched alkanes of at least 4 members (excludes halogenated alkanes) is 18. The minimum Gasteiger partial charge on any atom is -0.377 e. The molecule has 52 heavy (non-hydrogen) atoms. The van der Waals surface area contributed by atoms with E-state index in [9.17, 15) is 0 Å². The van der Waals surface area contributed by atoms with Gasteiger partial charge in [-0.15, -0.1) is 0 Å². The predicted molar refractivity (Wildman–Crippen MR) is 236 cm³/mol. The fourth-order valence-corrected chi connectivity index (χ4v) is 12.8. The van der Waals surface area contributed by atoms with Gasteiger partial charge in [0, 0.05) is 30.9 Å². The second kappa shape index (κ2) is 29.2. The Balaban J connectivity index is 1.45. The molecule has 0 aromatic heterocycles. The van der Waals surface area contributed by atoms with Crippen LogP contribution in [0.4, 0.5) is 17.1 Å². The molecule has 3 aromatic rings. The molecule has 0 atom stereocenters.